The number of nitrogens with one attached hydrogen (secondary N) is 2. The summed E-state index contributed by atoms with van der Waals surface area (Å²) in [6.07, 6.45) is 0.122. The third-order valence-corrected chi connectivity index (χ3v) is 6.63. The zero-order chi connectivity index (χ0) is 25.0. The highest BCUT2D eigenvalue weighted by atomic mass is 19.1. The third-order valence-electron chi connectivity index (χ3n) is 6.63. The van der Waals surface area contributed by atoms with E-state index >= 15 is 0 Å². The third kappa shape index (κ3) is 5.79. The Balaban J connectivity index is 1.45. The van der Waals surface area contributed by atoms with E-state index in [0.717, 1.165) is 11.3 Å². The van der Waals surface area contributed by atoms with Gasteiger partial charge in [0.1, 0.15) is 11.4 Å². The molecule has 0 spiro atoms. The normalized spacial score (nSPS) is 23.1. The lowest BCUT2D eigenvalue weighted by Crippen LogP contribution is -2.56. The number of carbonyl (C=O) groups excluding carboxylic acids is 3. The van der Waals surface area contributed by atoms with E-state index in [1.165, 1.54) is 12.1 Å². The first-order valence-corrected chi connectivity index (χ1v) is 11.8. The number of hydrogen-bond acceptors (Lipinski definition) is 5. The van der Waals surface area contributed by atoms with Gasteiger partial charge in [0.2, 0.25) is 5.91 Å². The van der Waals surface area contributed by atoms with Crippen LogP contribution in [-0.2, 0) is 20.9 Å². The monoisotopic (exact) mass is 482 g/mol. The van der Waals surface area contributed by atoms with Crippen molar-refractivity contribution < 1.29 is 23.5 Å². The molecule has 2 aromatic carbocycles. The van der Waals surface area contributed by atoms with Crippen LogP contribution >= 0.6 is 0 Å². The standard InChI is InChI=1S/C26H31FN4O4/c1-18-15-30(11-12-31(18)22-10-6-9-21(27)13-22)23(32)20(14-26(2)24(33)28-25(34)29-26)17-35-16-19-7-4-3-5-8-19/h3-10,13,18,20H,11-12,14-17H2,1-2H3,(H2,28,29,33,34)/t18-,20-,26-/m0/s1. The summed E-state index contributed by atoms with van der Waals surface area (Å²) in [6, 6.07) is 15.5. The molecule has 2 aliphatic rings. The molecule has 2 saturated heterocycles. The van der Waals surface area contributed by atoms with Gasteiger partial charge >= 0.3 is 6.03 Å². The number of nitrogens with zero attached hydrogens (tertiary/aromatic N) is 2. The average molecular weight is 483 g/mol. The molecule has 2 aliphatic heterocycles. The van der Waals surface area contributed by atoms with Crippen LogP contribution in [-0.4, -0.2) is 60.6 Å². The molecule has 4 amide bonds. The van der Waals surface area contributed by atoms with Gasteiger partial charge in [-0.15, -0.1) is 0 Å². The van der Waals surface area contributed by atoms with Crippen LogP contribution in [0.4, 0.5) is 14.9 Å². The van der Waals surface area contributed by atoms with Crippen molar-refractivity contribution in [1.29, 1.82) is 0 Å². The van der Waals surface area contributed by atoms with Crippen LogP contribution in [0.25, 0.3) is 0 Å². The zero-order valence-electron chi connectivity index (χ0n) is 20.0. The van der Waals surface area contributed by atoms with Crippen LogP contribution in [0.5, 0.6) is 0 Å². The molecule has 9 heteroatoms. The van der Waals surface area contributed by atoms with E-state index in [4.69, 9.17) is 4.74 Å². The lowest BCUT2D eigenvalue weighted by atomic mass is 9.88. The van der Waals surface area contributed by atoms with Crippen LogP contribution in [0.15, 0.2) is 54.6 Å². The molecule has 0 unspecified atom stereocenters. The number of rotatable bonds is 8. The molecular weight excluding hydrogens is 451 g/mol. The molecular formula is C26H31FN4O4. The highest BCUT2D eigenvalue weighted by Crippen LogP contribution is 2.26. The van der Waals surface area contributed by atoms with Gasteiger partial charge in [-0.25, -0.2) is 9.18 Å². The molecule has 2 N–H and O–H groups in total. The number of piperazine rings is 1. The van der Waals surface area contributed by atoms with Gasteiger partial charge in [0.15, 0.2) is 0 Å². The Labute approximate surface area is 204 Å². The summed E-state index contributed by atoms with van der Waals surface area (Å²) in [5, 5.41) is 4.91. The van der Waals surface area contributed by atoms with Crippen molar-refractivity contribution >= 4 is 23.5 Å². The largest absolute Gasteiger partial charge is 0.376 e. The Hall–Kier alpha value is -3.46. The molecule has 186 valence electrons. The molecule has 4 rings (SSSR count). The summed E-state index contributed by atoms with van der Waals surface area (Å²) in [5.74, 6) is -1.50. The molecule has 0 aromatic heterocycles. The van der Waals surface area contributed by atoms with E-state index in [-0.39, 0.29) is 30.8 Å². The Morgan fingerprint density at radius 1 is 1.17 bits per heavy atom. The van der Waals surface area contributed by atoms with Crippen LogP contribution in [0.2, 0.25) is 0 Å². The van der Waals surface area contributed by atoms with Crippen molar-refractivity contribution in [3.63, 3.8) is 0 Å². The van der Waals surface area contributed by atoms with E-state index in [9.17, 15) is 18.8 Å². The van der Waals surface area contributed by atoms with Gasteiger partial charge in [0, 0.05) is 31.4 Å². The highest BCUT2D eigenvalue weighted by molar-refractivity contribution is 6.07. The Kier molecular flexibility index (Phi) is 7.35. The summed E-state index contributed by atoms with van der Waals surface area (Å²) in [5.41, 5.74) is 0.571. The first kappa shape index (κ1) is 24.7. The number of amides is 4. The number of anilines is 1. The number of halogens is 1. The lowest BCUT2D eigenvalue weighted by molar-refractivity contribution is -0.140. The fourth-order valence-corrected chi connectivity index (χ4v) is 4.78. The van der Waals surface area contributed by atoms with Gasteiger partial charge < -0.3 is 19.9 Å². The number of imide groups is 1. The van der Waals surface area contributed by atoms with Crippen molar-refractivity contribution in [2.24, 2.45) is 5.92 Å². The van der Waals surface area contributed by atoms with Crippen molar-refractivity contribution in [1.82, 2.24) is 15.5 Å². The predicted octanol–water partition coefficient (Wildman–Crippen LogP) is 2.68. The molecule has 2 fully saturated rings. The number of carbonyl (C=O) groups is 3. The van der Waals surface area contributed by atoms with Crippen molar-refractivity contribution in [3.05, 3.63) is 66.0 Å². The lowest BCUT2D eigenvalue weighted by Gasteiger charge is -2.42. The average Bonchev–Trinajstić information content (AvgIpc) is 3.09. The van der Waals surface area contributed by atoms with Gasteiger partial charge in [-0.05, 0) is 44.0 Å². The smallest absolute Gasteiger partial charge is 0.322 e. The molecule has 35 heavy (non-hydrogen) atoms. The van der Waals surface area contributed by atoms with E-state index in [1.54, 1.807) is 17.9 Å². The van der Waals surface area contributed by atoms with Gasteiger partial charge in [0.05, 0.1) is 19.1 Å². The van der Waals surface area contributed by atoms with Crippen molar-refractivity contribution in [2.45, 2.75) is 38.5 Å². The van der Waals surface area contributed by atoms with Gasteiger partial charge in [0.25, 0.3) is 5.91 Å². The molecule has 2 aromatic rings. The quantitative estimate of drug-likeness (QED) is 0.565. The van der Waals surface area contributed by atoms with E-state index in [1.807, 2.05) is 43.3 Å². The Morgan fingerprint density at radius 2 is 1.94 bits per heavy atom. The summed E-state index contributed by atoms with van der Waals surface area (Å²) in [6.45, 7) is 5.55. The first-order valence-electron chi connectivity index (χ1n) is 11.8. The predicted molar refractivity (Wildman–Crippen MR) is 129 cm³/mol. The summed E-state index contributed by atoms with van der Waals surface area (Å²) in [7, 11) is 0. The maximum absolute atomic E-state index is 13.7. The minimum atomic E-state index is -1.19. The number of benzene rings is 2. The van der Waals surface area contributed by atoms with E-state index < -0.39 is 23.4 Å². The SMILES string of the molecule is C[C@H]1CN(C(=O)[C@H](COCc2ccccc2)C[C@]2(C)NC(=O)NC2=O)CCN1c1cccc(F)c1. The highest BCUT2D eigenvalue weighted by Gasteiger charge is 2.45. The second-order valence-corrected chi connectivity index (χ2v) is 9.45. The Bertz CT molecular complexity index is 1080. The number of urea groups is 1. The maximum atomic E-state index is 13.7. The minimum Gasteiger partial charge on any atom is -0.376 e. The topological polar surface area (TPSA) is 91.0 Å². The molecule has 2 heterocycles. The molecule has 3 atom stereocenters. The summed E-state index contributed by atoms with van der Waals surface area (Å²) >= 11 is 0. The summed E-state index contributed by atoms with van der Waals surface area (Å²) in [4.78, 5) is 41.7. The minimum absolute atomic E-state index is 0.0227. The number of ether oxygens (including phenoxy) is 1. The Morgan fingerprint density at radius 3 is 2.60 bits per heavy atom. The zero-order valence-corrected chi connectivity index (χ0v) is 20.0. The van der Waals surface area contributed by atoms with Gasteiger partial charge in [-0.3, -0.25) is 14.9 Å². The number of hydrogen-bond donors (Lipinski definition) is 2. The fourth-order valence-electron chi connectivity index (χ4n) is 4.78. The molecule has 0 radical (unpaired) electrons. The maximum Gasteiger partial charge on any atom is 0.322 e. The van der Waals surface area contributed by atoms with E-state index in [2.05, 4.69) is 15.5 Å². The van der Waals surface area contributed by atoms with Crippen molar-refractivity contribution in [3.8, 4) is 0 Å². The molecule has 0 saturated carbocycles. The molecule has 8 nitrogen and oxygen atoms in total. The van der Waals surface area contributed by atoms with E-state index in [0.29, 0.717) is 26.2 Å². The molecule has 0 aliphatic carbocycles. The first-order chi connectivity index (χ1) is 16.7. The second kappa shape index (κ2) is 10.4. The van der Waals surface area contributed by atoms with Crippen LogP contribution in [0, 0.1) is 11.7 Å². The van der Waals surface area contributed by atoms with Gasteiger partial charge in [-0.2, -0.15) is 0 Å². The van der Waals surface area contributed by atoms with Crippen LogP contribution in [0.1, 0.15) is 25.8 Å². The van der Waals surface area contributed by atoms with Crippen LogP contribution < -0.4 is 15.5 Å². The second-order valence-electron chi connectivity index (χ2n) is 9.45. The molecule has 0 bridgehead atoms. The van der Waals surface area contributed by atoms with Gasteiger partial charge in [-0.1, -0.05) is 36.4 Å². The fraction of sp³-hybridized carbons (Fsp3) is 0.423. The van der Waals surface area contributed by atoms with Crippen molar-refractivity contribution in [2.75, 3.05) is 31.1 Å². The van der Waals surface area contributed by atoms with Crippen LogP contribution in [0.3, 0.4) is 0 Å². The summed E-state index contributed by atoms with van der Waals surface area (Å²) < 4.78 is 19.6.